The van der Waals surface area contributed by atoms with Crippen LogP contribution in [0, 0.1) is 0 Å². The molecule has 1 aliphatic carbocycles. The SMILES string of the molecule is O=C(CCNS(=O)(=O)c1ccc2c(c1)CCCC2)NCc1ccccn1. The molecule has 6 nitrogen and oxygen atoms in total. The molecule has 0 aliphatic heterocycles. The maximum absolute atomic E-state index is 12.4. The Labute approximate surface area is 154 Å². The largest absolute Gasteiger partial charge is 0.350 e. The van der Waals surface area contributed by atoms with Crippen molar-refractivity contribution in [1.82, 2.24) is 15.0 Å². The van der Waals surface area contributed by atoms with E-state index < -0.39 is 10.0 Å². The summed E-state index contributed by atoms with van der Waals surface area (Å²) in [6, 6.07) is 10.8. The molecule has 2 aromatic rings. The molecule has 0 fully saturated rings. The third-order valence-electron chi connectivity index (χ3n) is 4.47. The molecule has 2 N–H and O–H groups in total. The van der Waals surface area contributed by atoms with E-state index in [-0.39, 0.29) is 23.8 Å². The number of carbonyl (C=O) groups excluding carboxylic acids is 1. The van der Waals surface area contributed by atoms with Gasteiger partial charge in [-0.25, -0.2) is 13.1 Å². The number of amides is 1. The minimum absolute atomic E-state index is 0.0630. The Hall–Kier alpha value is -2.25. The van der Waals surface area contributed by atoms with Crippen LogP contribution < -0.4 is 10.0 Å². The second kappa shape index (κ2) is 8.42. The van der Waals surface area contributed by atoms with E-state index in [1.165, 1.54) is 5.56 Å². The molecule has 1 amide bonds. The first-order valence-corrected chi connectivity index (χ1v) is 10.3. The van der Waals surface area contributed by atoms with E-state index in [9.17, 15) is 13.2 Å². The van der Waals surface area contributed by atoms with Gasteiger partial charge < -0.3 is 5.32 Å². The first kappa shape index (κ1) is 18.5. The predicted molar refractivity (Wildman–Crippen MR) is 99.0 cm³/mol. The Morgan fingerprint density at radius 3 is 2.65 bits per heavy atom. The quantitative estimate of drug-likeness (QED) is 0.776. The molecule has 0 saturated heterocycles. The number of sulfonamides is 1. The van der Waals surface area contributed by atoms with Crippen molar-refractivity contribution in [2.45, 2.75) is 43.5 Å². The number of hydrogen-bond acceptors (Lipinski definition) is 4. The van der Waals surface area contributed by atoms with E-state index in [0.717, 1.165) is 36.9 Å². The lowest BCUT2D eigenvalue weighted by Crippen LogP contribution is -2.30. The molecule has 0 unspecified atom stereocenters. The zero-order valence-electron chi connectivity index (χ0n) is 14.6. The van der Waals surface area contributed by atoms with E-state index in [1.54, 1.807) is 24.4 Å². The molecule has 1 aliphatic rings. The highest BCUT2D eigenvalue weighted by Crippen LogP contribution is 2.23. The van der Waals surface area contributed by atoms with Crippen LogP contribution in [-0.2, 0) is 34.2 Å². The fourth-order valence-electron chi connectivity index (χ4n) is 3.04. The van der Waals surface area contributed by atoms with Gasteiger partial charge >= 0.3 is 0 Å². The highest BCUT2D eigenvalue weighted by molar-refractivity contribution is 7.89. The zero-order chi connectivity index (χ0) is 18.4. The summed E-state index contributed by atoms with van der Waals surface area (Å²) in [5.41, 5.74) is 3.12. The Kier molecular flexibility index (Phi) is 6.00. The van der Waals surface area contributed by atoms with Crippen LogP contribution in [0.5, 0.6) is 0 Å². The van der Waals surface area contributed by atoms with Crippen molar-refractivity contribution < 1.29 is 13.2 Å². The van der Waals surface area contributed by atoms with E-state index in [4.69, 9.17) is 0 Å². The van der Waals surface area contributed by atoms with Crippen LogP contribution in [0.3, 0.4) is 0 Å². The average Bonchev–Trinajstić information content (AvgIpc) is 2.66. The van der Waals surface area contributed by atoms with Gasteiger partial charge in [0.15, 0.2) is 0 Å². The number of rotatable bonds is 7. The fourth-order valence-corrected chi connectivity index (χ4v) is 4.12. The summed E-state index contributed by atoms with van der Waals surface area (Å²) >= 11 is 0. The minimum Gasteiger partial charge on any atom is -0.350 e. The van der Waals surface area contributed by atoms with Crippen LogP contribution in [0.4, 0.5) is 0 Å². The Balaban J connectivity index is 1.49. The predicted octanol–water partition coefficient (Wildman–Crippen LogP) is 1.95. The summed E-state index contributed by atoms with van der Waals surface area (Å²) in [7, 11) is -3.60. The molecule has 26 heavy (non-hydrogen) atoms. The van der Waals surface area contributed by atoms with Gasteiger partial charge in [0.2, 0.25) is 15.9 Å². The van der Waals surface area contributed by atoms with Crippen molar-refractivity contribution in [3.8, 4) is 0 Å². The molecule has 7 heteroatoms. The highest BCUT2D eigenvalue weighted by atomic mass is 32.2. The molecular weight excluding hydrogens is 350 g/mol. The summed E-state index contributed by atoms with van der Waals surface area (Å²) in [6.07, 6.45) is 5.94. The van der Waals surface area contributed by atoms with Gasteiger partial charge in [-0.1, -0.05) is 12.1 Å². The van der Waals surface area contributed by atoms with Crippen molar-refractivity contribution in [2.75, 3.05) is 6.54 Å². The zero-order valence-corrected chi connectivity index (χ0v) is 15.4. The topological polar surface area (TPSA) is 88.2 Å². The molecule has 1 aromatic carbocycles. The number of pyridine rings is 1. The number of benzene rings is 1. The molecule has 3 rings (SSSR count). The number of carbonyl (C=O) groups is 1. The number of fused-ring (bicyclic) bond motifs is 1. The molecule has 138 valence electrons. The number of nitrogens with one attached hydrogen (secondary N) is 2. The van der Waals surface area contributed by atoms with Crippen molar-refractivity contribution >= 4 is 15.9 Å². The monoisotopic (exact) mass is 373 g/mol. The molecule has 0 atom stereocenters. The smallest absolute Gasteiger partial charge is 0.240 e. The normalized spacial score (nSPS) is 13.8. The molecule has 0 bridgehead atoms. The van der Waals surface area contributed by atoms with E-state index in [1.807, 2.05) is 18.2 Å². The summed E-state index contributed by atoms with van der Waals surface area (Å²) in [6.45, 7) is 0.394. The lowest BCUT2D eigenvalue weighted by Gasteiger charge is -2.16. The van der Waals surface area contributed by atoms with E-state index >= 15 is 0 Å². The summed E-state index contributed by atoms with van der Waals surface area (Å²) < 4.78 is 27.4. The first-order chi connectivity index (χ1) is 12.5. The number of aromatic nitrogens is 1. The standard InChI is InChI=1S/C19H23N3O3S/c23-19(21-14-17-7-3-4-11-20-17)10-12-22-26(24,25)18-9-8-15-5-1-2-6-16(15)13-18/h3-4,7-9,11,13,22H,1-2,5-6,10,12,14H2,(H,21,23). The summed E-state index contributed by atoms with van der Waals surface area (Å²) in [5.74, 6) is -0.219. The minimum atomic E-state index is -3.60. The molecule has 0 saturated carbocycles. The summed E-state index contributed by atoms with van der Waals surface area (Å²) in [5, 5.41) is 2.73. The summed E-state index contributed by atoms with van der Waals surface area (Å²) in [4.78, 5) is 16.2. The van der Waals surface area contributed by atoms with Gasteiger partial charge in [-0.2, -0.15) is 0 Å². The fraction of sp³-hybridized carbons (Fsp3) is 0.368. The van der Waals surface area contributed by atoms with Gasteiger partial charge in [-0.15, -0.1) is 0 Å². The molecule has 0 spiro atoms. The second-order valence-corrected chi connectivity index (χ2v) is 8.15. The average molecular weight is 373 g/mol. The van der Waals surface area contributed by atoms with Gasteiger partial charge in [-0.3, -0.25) is 9.78 Å². The number of aryl methyl sites for hydroxylation is 2. The highest BCUT2D eigenvalue weighted by Gasteiger charge is 2.17. The maximum atomic E-state index is 12.4. The van der Waals surface area contributed by atoms with Gasteiger partial charge in [0.25, 0.3) is 0 Å². The first-order valence-electron chi connectivity index (χ1n) is 8.83. The van der Waals surface area contributed by atoms with Gasteiger partial charge in [-0.05, 0) is 61.1 Å². The Morgan fingerprint density at radius 1 is 1.08 bits per heavy atom. The molecule has 1 aromatic heterocycles. The van der Waals surface area contributed by atoms with E-state index in [0.29, 0.717) is 6.54 Å². The van der Waals surface area contributed by atoms with Gasteiger partial charge in [0.1, 0.15) is 0 Å². The second-order valence-electron chi connectivity index (χ2n) is 6.38. The van der Waals surface area contributed by atoms with Crippen molar-refractivity contribution in [1.29, 1.82) is 0 Å². The van der Waals surface area contributed by atoms with Crippen LogP contribution in [0.25, 0.3) is 0 Å². The Bertz CT molecular complexity index is 867. The van der Waals surface area contributed by atoms with Crippen LogP contribution in [0.2, 0.25) is 0 Å². The number of hydrogen-bond donors (Lipinski definition) is 2. The lowest BCUT2D eigenvalue weighted by atomic mass is 9.92. The maximum Gasteiger partial charge on any atom is 0.240 e. The van der Waals surface area contributed by atoms with Crippen LogP contribution in [-0.4, -0.2) is 25.9 Å². The van der Waals surface area contributed by atoms with Crippen LogP contribution >= 0.6 is 0 Å². The third kappa shape index (κ3) is 4.89. The Morgan fingerprint density at radius 2 is 1.88 bits per heavy atom. The van der Waals surface area contributed by atoms with Crippen molar-refractivity contribution in [3.63, 3.8) is 0 Å². The third-order valence-corrected chi connectivity index (χ3v) is 5.93. The van der Waals surface area contributed by atoms with Crippen LogP contribution in [0.1, 0.15) is 36.1 Å². The van der Waals surface area contributed by atoms with E-state index in [2.05, 4.69) is 15.0 Å². The molecular formula is C19H23N3O3S. The van der Waals surface area contributed by atoms with Crippen molar-refractivity contribution in [3.05, 3.63) is 59.4 Å². The number of nitrogens with zero attached hydrogens (tertiary/aromatic N) is 1. The molecule has 1 heterocycles. The lowest BCUT2D eigenvalue weighted by molar-refractivity contribution is -0.121. The van der Waals surface area contributed by atoms with Crippen LogP contribution in [0.15, 0.2) is 47.5 Å². The van der Waals surface area contributed by atoms with Crippen molar-refractivity contribution in [2.24, 2.45) is 0 Å². The van der Waals surface area contributed by atoms with Gasteiger partial charge in [0.05, 0.1) is 17.1 Å². The molecule has 0 radical (unpaired) electrons. The van der Waals surface area contributed by atoms with Gasteiger partial charge in [0, 0.05) is 19.2 Å².